The van der Waals surface area contributed by atoms with E-state index in [2.05, 4.69) is 43.5 Å². The zero-order valence-corrected chi connectivity index (χ0v) is 43.5. The minimum absolute atomic E-state index is 0.00428. The molecule has 0 aromatic heterocycles. The summed E-state index contributed by atoms with van der Waals surface area (Å²) < 4.78 is 5.46. The molecule has 3 N–H and O–H groups in total. The Hall–Kier alpha value is -1.92. The normalized spacial score (nSPS) is 12.9. The van der Waals surface area contributed by atoms with Crippen LogP contribution in [-0.2, 0) is 14.3 Å². The van der Waals surface area contributed by atoms with Gasteiger partial charge in [-0.3, -0.25) is 9.59 Å². The van der Waals surface area contributed by atoms with Crippen LogP contribution >= 0.6 is 0 Å². The maximum atomic E-state index is 12.4. The summed E-state index contributed by atoms with van der Waals surface area (Å²) in [7, 11) is 0. The molecule has 0 bridgehead atoms. The van der Waals surface area contributed by atoms with E-state index in [9.17, 15) is 19.8 Å². The second kappa shape index (κ2) is 54.7. The van der Waals surface area contributed by atoms with Gasteiger partial charge in [-0.25, -0.2) is 0 Å². The third-order valence-corrected chi connectivity index (χ3v) is 13.1. The number of rotatable bonds is 53. The molecule has 0 saturated heterocycles. The summed E-state index contributed by atoms with van der Waals surface area (Å²) >= 11 is 0. The first-order valence-corrected chi connectivity index (χ1v) is 28.8. The lowest BCUT2D eigenvalue weighted by Crippen LogP contribution is -2.45. The van der Waals surface area contributed by atoms with E-state index in [0.29, 0.717) is 19.4 Å². The van der Waals surface area contributed by atoms with E-state index >= 15 is 0 Å². The molecule has 0 aromatic carbocycles. The predicted molar refractivity (Wildman–Crippen MR) is 283 cm³/mol. The standard InChI is InChI=1S/C59H111NO5/c1-3-5-7-9-11-13-15-17-28-31-35-39-43-47-51-57(62)56(55-61)60-58(63)52-48-44-40-36-32-29-25-23-21-19-18-20-22-24-26-30-34-38-42-46-50-54-65-59(64)53-49-45-41-37-33-27-16-14-12-10-8-6-4-2/h8,10,14,16,47,51,56-57,61-62H,3-7,9,11-13,15,17-46,48-50,52-55H2,1-2H3,(H,60,63)/b10-8-,16-14-,51-47+. The predicted octanol–water partition coefficient (Wildman–Crippen LogP) is 17.6. The third kappa shape index (κ3) is 51.3. The number of carbonyl (C=O) groups excluding carboxylic acids is 2. The molecule has 1 amide bonds. The van der Waals surface area contributed by atoms with Crippen molar-refractivity contribution >= 4 is 11.9 Å². The van der Waals surface area contributed by atoms with Crippen molar-refractivity contribution in [2.75, 3.05) is 13.2 Å². The van der Waals surface area contributed by atoms with Crippen molar-refractivity contribution in [1.82, 2.24) is 5.32 Å². The highest BCUT2D eigenvalue weighted by atomic mass is 16.5. The van der Waals surface area contributed by atoms with Crippen LogP contribution in [0.1, 0.15) is 303 Å². The Morgan fingerprint density at radius 1 is 0.431 bits per heavy atom. The number of carbonyl (C=O) groups is 2. The Morgan fingerprint density at radius 2 is 0.800 bits per heavy atom. The van der Waals surface area contributed by atoms with E-state index in [-0.39, 0.29) is 18.5 Å². The molecule has 0 saturated carbocycles. The van der Waals surface area contributed by atoms with Crippen molar-refractivity contribution in [1.29, 1.82) is 0 Å². The molecule has 382 valence electrons. The van der Waals surface area contributed by atoms with E-state index in [1.807, 2.05) is 6.08 Å². The average molecular weight is 915 g/mol. The van der Waals surface area contributed by atoms with Gasteiger partial charge in [0.25, 0.3) is 0 Å². The molecule has 2 atom stereocenters. The fourth-order valence-electron chi connectivity index (χ4n) is 8.73. The summed E-state index contributed by atoms with van der Waals surface area (Å²) in [5.41, 5.74) is 0. The van der Waals surface area contributed by atoms with Crippen LogP contribution < -0.4 is 5.32 Å². The number of amides is 1. The number of unbranched alkanes of at least 4 members (excludes halogenated alkanes) is 38. The van der Waals surface area contributed by atoms with E-state index in [0.717, 1.165) is 51.4 Å². The van der Waals surface area contributed by atoms with Gasteiger partial charge in [0.05, 0.1) is 25.4 Å². The monoisotopic (exact) mass is 914 g/mol. The van der Waals surface area contributed by atoms with Crippen LogP contribution in [0.5, 0.6) is 0 Å². The van der Waals surface area contributed by atoms with Crippen molar-refractivity contribution in [3.05, 3.63) is 36.5 Å². The number of ether oxygens (including phenoxy) is 1. The summed E-state index contributed by atoms with van der Waals surface area (Å²) in [6.45, 7) is 4.83. The molecule has 6 nitrogen and oxygen atoms in total. The summed E-state index contributed by atoms with van der Waals surface area (Å²) in [5.74, 6) is -0.0732. The highest BCUT2D eigenvalue weighted by Crippen LogP contribution is 2.17. The minimum atomic E-state index is -0.845. The molecule has 0 aliphatic heterocycles. The molecule has 0 heterocycles. The lowest BCUT2D eigenvalue weighted by atomic mass is 10.0. The number of esters is 1. The first-order chi connectivity index (χ1) is 32.0. The van der Waals surface area contributed by atoms with Crippen LogP contribution in [0, 0.1) is 0 Å². The Morgan fingerprint density at radius 3 is 1.23 bits per heavy atom. The van der Waals surface area contributed by atoms with E-state index in [4.69, 9.17) is 4.74 Å². The topological polar surface area (TPSA) is 95.9 Å². The van der Waals surface area contributed by atoms with Crippen LogP contribution in [0.15, 0.2) is 36.5 Å². The number of aliphatic hydroxyl groups excluding tert-OH is 2. The number of aliphatic hydroxyl groups is 2. The highest BCUT2D eigenvalue weighted by Gasteiger charge is 2.18. The van der Waals surface area contributed by atoms with Gasteiger partial charge in [0.15, 0.2) is 0 Å². The van der Waals surface area contributed by atoms with Gasteiger partial charge in [-0.05, 0) is 57.8 Å². The van der Waals surface area contributed by atoms with Crippen molar-refractivity contribution in [2.24, 2.45) is 0 Å². The van der Waals surface area contributed by atoms with Crippen molar-refractivity contribution in [3.63, 3.8) is 0 Å². The van der Waals surface area contributed by atoms with Gasteiger partial charge in [0, 0.05) is 12.8 Å². The Bertz CT molecular complexity index is 1060. The summed E-state index contributed by atoms with van der Waals surface area (Å²) in [6, 6.07) is -0.628. The fraction of sp³-hybridized carbons (Fsp3) is 0.864. The van der Waals surface area contributed by atoms with Crippen LogP contribution in [0.3, 0.4) is 0 Å². The maximum Gasteiger partial charge on any atom is 0.305 e. The van der Waals surface area contributed by atoms with Gasteiger partial charge < -0.3 is 20.3 Å². The number of nitrogens with one attached hydrogen (secondary N) is 1. The minimum Gasteiger partial charge on any atom is -0.466 e. The molecule has 0 aromatic rings. The average Bonchev–Trinajstić information content (AvgIpc) is 3.31. The zero-order valence-electron chi connectivity index (χ0n) is 43.5. The molecule has 65 heavy (non-hydrogen) atoms. The molecule has 0 aliphatic rings. The van der Waals surface area contributed by atoms with Crippen LogP contribution in [-0.4, -0.2) is 47.4 Å². The molecule has 0 fully saturated rings. The van der Waals surface area contributed by atoms with Crippen molar-refractivity contribution < 1.29 is 24.5 Å². The van der Waals surface area contributed by atoms with Crippen molar-refractivity contribution in [2.45, 2.75) is 315 Å². The summed E-state index contributed by atoms with van der Waals surface area (Å²) in [4.78, 5) is 24.5. The lowest BCUT2D eigenvalue weighted by Gasteiger charge is -2.20. The Kier molecular flexibility index (Phi) is 53.1. The molecular formula is C59H111NO5. The number of hydrogen-bond donors (Lipinski definition) is 3. The van der Waals surface area contributed by atoms with E-state index in [1.165, 1.54) is 225 Å². The van der Waals surface area contributed by atoms with Gasteiger partial charge in [-0.1, -0.05) is 269 Å². The maximum absolute atomic E-state index is 12.4. The quantitative estimate of drug-likeness (QED) is 0.0321. The van der Waals surface area contributed by atoms with Gasteiger partial charge in [-0.15, -0.1) is 0 Å². The van der Waals surface area contributed by atoms with Crippen LogP contribution in [0.25, 0.3) is 0 Å². The van der Waals surface area contributed by atoms with Gasteiger partial charge in [0.1, 0.15) is 0 Å². The van der Waals surface area contributed by atoms with Gasteiger partial charge >= 0.3 is 5.97 Å². The lowest BCUT2D eigenvalue weighted by molar-refractivity contribution is -0.143. The molecule has 0 radical (unpaired) electrons. The second-order valence-corrected chi connectivity index (χ2v) is 19.6. The van der Waals surface area contributed by atoms with Crippen molar-refractivity contribution in [3.8, 4) is 0 Å². The van der Waals surface area contributed by atoms with Gasteiger partial charge in [0.2, 0.25) is 5.91 Å². The molecule has 0 rings (SSSR count). The summed E-state index contributed by atoms with van der Waals surface area (Å²) in [6.07, 6.45) is 67.4. The highest BCUT2D eigenvalue weighted by molar-refractivity contribution is 5.76. The summed E-state index contributed by atoms with van der Waals surface area (Å²) in [5, 5.41) is 23.1. The SMILES string of the molecule is CCC/C=C\C/C=C\CCCCCCCC(=O)OCCCCCCCCCCCCCCCCCCCCCCCC(=O)NC(CO)C(O)/C=C/CCCCCCCCCCCCCC. The fourth-order valence-corrected chi connectivity index (χ4v) is 8.73. The largest absolute Gasteiger partial charge is 0.466 e. The Labute approximate surface area is 404 Å². The zero-order chi connectivity index (χ0) is 47.2. The van der Waals surface area contributed by atoms with E-state index < -0.39 is 12.1 Å². The molecule has 6 heteroatoms. The smallest absolute Gasteiger partial charge is 0.305 e. The van der Waals surface area contributed by atoms with Crippen LogP contribution in [0.4, 0.5) is 0 Å². The third-order valence-electron chi connectivity index (χ3n) is 13.1. The Balaban J connectivity index is 3.41. The second-order valence-electron chi connectivity index (χ2n) is 19.6. The van der Waals surface area contributed by atoms with Gasteiger partial charge in [-0.2, -0.15) is 0 Å². The number of allylic oxidation sites excluding steroid dienone is 5. The van der Waals surface area contributed by atoms with E-state index in [1.54, 1.807) is 6.08 Å². The number of hydrogen-bond acceptors (Lipinski definition) is 5. The molecule has 0 aliphatic carbocycles. The molecule has 0 spiro atoms. The first kappa shape index (κ1) is 63.1. The first-order valence-electron chi connectivity index (χ1n) is 28.8. The van der Waals surface area contributed by atoms with Crippen LogP contribution in [0.2, 0.25) is 0 Å². The molecule has 2 unspecified atom stereocenters. The molecular weight excluding hydrogens is 803 g/mol.